The molecule has 0 fully saturated rings. The van der Waals surface area contributed by atoms with Crippen LogP contribution >= 0.6 is 0 Å². The number of hydrogen-bond acceptors (Lipinski definition) is 2. The highest BCUT2D eigenvalue weighted by molar-refractivity contribution is 7.19. The summed E-state index contributed by atoms with van der Waals surface area (Å²) in [5, 5.41) is 7.63. The summed E-state index contributed by atoms with van der Waals surface area (Å²) in [6.07, 6.45) is 0. The Kier molecular flexibility index (Phi) is 7.88. The third-order valence-electron chi connectivity index (χ3n) is 10.0. The molecule has 3 heteroatoms. The summed E-state index contributed by atoms with van der Waals surface area (Å²) in [5.41, 5.74) is 7.27. The molecule has 9 aromatic rings. The van der Waals surface area contributed by atoms with Crippen molar-refractivity contribution in [3.8, 4) is 11.1 Å². The van der Waals surface area contributed by atoms with Crippen LogP contribution < -0.4 is 25.6 Å². The van der Waals surface area contributed by atoms with E-state index >= 15 is 0 Å². The van der Waals surface area contributed by atoms with E-state index in [1.54, 1.807) is 0 Å². The van der Waals surface area contributed by atoms with Gasteiger partial charge in [0.05, 0.1) is 5.69 Å². The molecule has 1 heterocycles. The van der Waals surface area contributed by atoms with Crippen LogP contribution in [0.15, 0.2) is 217 Å². The Morgan fingerprint density at radius 1 is 0.333 bits per heavy atom. The van der Waals surface area contributed by atoms with Crippen molar-refractivity contribution >= 4 is 67.8 Å². The van der Waals surface area contributed by atoms with Crippen molar-refractivity contribution in [3.05, 3.63) is 212 Å². The summed E-state index contributed by atoms with van der Waals surface area (Å²) in [6.45, 7) is 0. The summed E-state index contributed by atoms with van der Waals surface area (Å²) in [7, 11) is -2.66. The molecule has 0 saturated carbocycles. The highest BCUT2D eigenvalue weighted by atomic mass is 28.3. The van der Waals surface area contributed by atoms with E-state index in [0.717, 1.165) is 39.0 Å². The summed E-state index contributed by atoms with van der Waals surface area (Å²) in [6, 6.07) is 76.7. The van der Waals surface area contributed by atoms with Gasteiger partial charge in [-0.1, -0.05) is 176 Å². The van der Waals surface area contributed by atoms with Gasteiger partial charge in [0, 0.05) is 22.1 Å². The maximum absolute atomic E-state index is 6.62. The lowest BCUT2D eigenvalue weighted by atomic mass is 10.0. The van der Waals surface area contributed by atoms with E-state index in [4.69, 9.17) is 4.42 Å². The largest absolute Gasteiger partial charge is 0.454 e. The second-order valence-corrected chi connectivity index (χ2v) is 16.7. The molecular weight excluding hydrogens is 635 g/mol. The molecule has 0 N–H and O–H groups in total. The third-order valence-corrected chi connectivity index (χ3v) is 14.8. The zero-order chi connectivity index (χ0) is 34.0. The molecule has 0 amide bonds. The van der Waals surface area contributed by atoms with Crippen molar-refractivity contribution < 1.29 is 4.42 Å². The van der Waals surface area contributed by atoms with Crippen molar-refractivity contribution in [2.24, 2.45) is 0 Å². The number of nitrogens with zero attached hydrogens (tertiary/aromatic N) is 1. The highest BCUT2D eigenvalue weighted by Gasteiger charge is 2.41. The van der Waals surface area contributed by atoms with Crippen molar-refractivity contribution in [1.29, 1.82) is 0 Å². The van der Waals surface area contributed by atoms with Gasteiger partial charge in [-0.25, -0.2) is 0 Å². The molecular formula is C48H35NOSi. The Morgan fingerprint density at radius 3 is 1.33 bits per heavy atom. The van der Waals surface area contributed by atoms with Gasteiger partial charge in [-0.15, -0.1) is 0 Å². The fourth-order valence-corrected chi connectivity index (χ4v) is 12.4. The van der Waals surface area contributed by atoms with Gasteiger partial charge in [-0.3, -0.25) is 0 Å². The molecule has 0 aliphatic heterocycles. The number of furan rings is 1. The Hall–Kier alpha value is -6.42. The van der Waals surface area contributed by atoms with Gasteiger partial charge in [0.15, 0.2) is 13.7 Å². The first-order chi connectivity index (χ1) is 25.3. The smallest absolute Gasteiger partial charge is 0.179 e. The number of anilines is 3. The van der Waals surface area contributed by atoms with Gasteiger partial charge >= 0.3 is 0 Å². The van der Waals surface area contributed by atoms with E-state index in [1.165, 1.54) is 31.9 Å². The van der Waals surface area contributed by atoms with Gasteiger partial charge in [0.2, 0.25) is 0 Å². The van der Waals surface area contributed by atoms with Crippen molar-refractivity contribution in [3.63, 3.8) is 0 Å². The summed E-state index contributed by atoms with van der Waals surface area (Å²) in [5.74, 6) is 0. The number of rotatable bonds is 8. The van der Waals surface area contributed by atoms with Crippen LogP contribution in [0, 0.1) is 0 Å². The monoisotopic (exact) mass is 669 g/mol. The zero-order valence-corrected chi connectivity index (χ0v) is 29.1. The summed E-state index contributed by atoms with van der Waals surface area (Å²) < 4.78 is 6.62. The number of para-hydroxylation sites is 2. The van der Waals surface area contributed by atoms with Gasteiger partial charge in [-0.05, 0) is 68.3 Å². The average molecular weight is 670 g/mol. The second kappa shape index (κ2) is 13.1. The molecule has 0 aliphatic rings. The maximum Gasteiger partial charge on any atom is 0.179 e. The molecule has 51 heavy (non-hydrogen) atoms. The van der Waals surface area contributed by atoms with E-state index < -0.39 is 8.07 Å². The van der Waals surface area contributed by atoms with Crippen molar-refractivity contribution in [2.75, 3.05) is 4.90 Å². The fourth-order valence-electron chi connectivity index (χ4n) is 7.69. The number of fused-ring (bicyclic) bond motifs is 3. The molecule has 0 atom stereocenters. The number of benzene rings is 8. The number of hydrogen-bond donors (Lipinski definition) is 0. The minimum Gasteiger partial charge on any atom is -0.454 e. The third kappa shape index (κ3) is 5.36. The van der Waals surface area contributed by atoms with E-state index in [-0.39, 0.29) is 0 Å². The van der Waals surface area contributed by atoms with Gasteiger partial charge < -0.3 is 9.32 Å². The average Bonchev–Trinajstić information content (AvgIpc) is 3.60. The Labute approximate surface area is 299 Å². The lowest BCUT2D eigenvalue weighted by molar-refractivity contribution is 0.669. The topological polar surface area (TPSA) is 16.4 Å². The SMILES string of the molecule is c1ccc(-c2ccc(N(c3ccc([Si](c4ccccc4)(c4ccccc4)c4ccccc4)cc3)c3cccc4c3oc3ccccc34)cc2)cc1. The Morgan fingerprint density at radius 2 is 0.765 bits per heavy atom. The van der Waals surface area contributed by atoms with Crippen molar-refractivity contribution in [1.82, 2.24) is 0 Å². The van der Waals surface area contributed by atoms with Crippen molar-refractivity contribution in [2.45, 2.75) is 0 Å². The molecule has 0 bridgehead atoms. The van der Waals surface area contributed by atoms with E-state index in [1.807, 2.05) is 12.1 Å². The second-order valence-electron chi connectivity index (χ2n) is 12.9. The lowest BCUT2D eigenvalue weighted by Crippen LogP contribution is -2.74. The fraction of sp³-hybridized carbons (Fsp3) is 0. The van der Waals surface area contributed by atoms with Crippen LogP contribution in [0.5, 0.6) is 0 Å². The minimum absolute atomic E-state index is 0.872. The van der Waals surface area contributed by atoms with Crippen LogP contribution in [0.3, 0.4) is 0 Å². The van der Waals surface area contributed by atoms with Crippen LogP contribution in [0.4, 0.5) is 17.1 Å². The maximum atomic E-state index is 6.62. The molecule has 0 unspecified atom stereocenters. The van der Waals surface area contributed by atoms with E-state index in [2.05, 4.69) is 205 Å². The van der Waals surface area contributed by atoms with Gasteiger partial charge in [-0.2, -0.15) is 0 Å². The minimum atomic E-state index is -2.66. The highest BCUT2D eigenvalue weighted by Crippen LogP contribution is 2.42. The molecule has 0 aliphatic carbocycles. The summed E-state index contributed by atoms with van der Waals surface area (Å²) >= 11 is 0. The molecule has 0 radical (unpaired) electrons. The van der Waals surface area contributed by atoms with Crippen LogP contribution in [0.2, 0.25) is 0 Å². The molecule has 0 saturated heterocycles. The molecule has 242 valence electrons. The molecule has 0 spiro atoms. The molecule has 2 nitrogen and oxygen atoms in total. The first-order valence-electron chi connectivity index (χ1n) is 17.4. The standard InChI is InChI=1S/C48H35NOSi/c1-5-16-36(17-6-1)37-28-30-38(31-29-37)49(46-26-15-25-45-44-24-13-14-27-47(44)50-48(45)46)39-32-34-43(35-33-39)51(40-18-7-2-8-19-40,41-20-9-3-10-21-41)42-22-11-4-12-23-42/h1-35H. The Balaban J connectivity index is 1.25. The van der Waals surface area contributed by atoms with Crippen LogP contribution in [0.1, 0.15) is 0 Å². The van der Waals surface area contributed by atoms with E-state index in [9.17, 15) is 0 Å². The quantitative estimate of drug-likeness (QED) is 0.118. The molecule has 1 aromatic heterocycles. The summed E-state index contributed by atoms with van der Waals surface area (Å²) in [4.78, 5) is 2.33. The van der Waals surface area contributed by atoms with Gasteiger partial charge in [0.25, 0.3) is 0 Å². The van der Waals surface area contributed by atoms with Crippen LogP contribution in [0.25, 0.3) is 33.1 Å². The predicted octanol–water partition coefficient (Wildman–Crippen LogP) is 10.1. The Bertz CT molecular complexity index is 2450. The lowest BCUT2D eigenvalue weighted by Gasteiger charge is -2.35. The van der Waals surface area contributed by atoms with Gasteiger partial charge in [0.1, 0.15) is 5.58 Å². The first-order valence-corrected chi connectivity index (χ1v) is 19.4. The molecule has 8 aromatic carbocycles. The predicted molar refractivity (Wildman–Crippen MR) is 217 cm³/mol. The molecule has 9 rings (SSSR count). The first kappa shape index (κ1) is 30.6. The normalized spacial score (nSPS) is 11.5. The zero-order valence-electron chi connectivity index (χ0n) is 28.1. The van der Waals surface area contributed by atoms with E-state index in [0.29, 0.717) is 0 Å². The van der Waals surface area contributed by atoms with Crippen LogP contribution in [-0.4, -0.2) is 8.07 Å². The van der Waals surface area contributed by atoms with Crippen LogP contribution in [-0.2, 0) is 0 Å².